The summed E-state index contributed by atoms with van der Waals surface area (Å²) < 4.78 is 0. The van der Waals surface area contributed by atoms with Gasteiger partial charge in [0.15, 0.2) is 0 Å². The predicted molar refractivity (Wildman–Crippen MR) is 38.1 cm³/mol. The minimum atomic E-state index is -0.342. The van der Waals surface area contributed by atoms with Gasteiger partial charge in [-0.15, -0.1) is 0 Å². The molecule has 9 heavy (non-hydrogen) atoms. The molecule has 1 N–H and O–H groups in total. The maximum Gasteiger partial charge on any atom is 0.0902 e. The molecule has 0 amide bonds. The molecule has 0 fully saturated rings. The Balaban J connectivity index is 2.44. The molecule has 0 atom stereocenters. The molecule has 0 aromatic carbocycles. The van der Waals surface area contributed by atoms with E-state index >= 15 is 0 Å². The van der Waals surface area contributed by atoms with Gasteiger partial charge in [0.2, 0.25) is 0 Å². The third-order valence-electron chi connectivity index (χ3n) is 1.41. The van der Waals surface area contributed by atoms with E-state index in [2.05, 4.69) is 0 Å². The lowest BCUT2D eigenvalue weighted by molar-refractivity contribution is 0.270. The zero-order chi connectivity index (χ0) is 6.53. The summed E-state index contributed by atoms with van der Waals surface area (Å²) in [6, 6.07) is 0. The molecule has 0 saturated carbocycles. The van der Waals surface area contributed by atoms with Crippen LogP contribution in [0.5, 0.6) is 0 Å². The molecule has 1 aliphatic rings. The molecule has 1 aliphatic carbocycles. The smallest absolute Gasteiger partial charge is 0.0902 e. The maximum atomic E-state index is 9.04. The fourth-order valence-corrected chi connectivity index (χ4v) is 0.889. The highest BCUT2D eigenvalue weighted by molar-refractivity contribution is 5.03. The van der Waals surface area contributed by atoms with Crippen molar-refractivity contribution in [3.05, 3.63) is 24.3 Å². The first-order chi connectivity index (χ1) is 4.39. The number of aliphatic hydroxyl groups is 1. The number of hydrogen-bond donors (Lipinski definition) is 1. The molecule has 0 unspecified atom stereocenters. The SMILES string of the molecule is OC1C=CCCCC=C1. The second-order valence-electron chi connectivity index (χ2n) is 2.28. The van der Waals surface area contributed by atoms with E-state index in [0.29, 0.717) is 0 Å². The lowest BCUT2D eigenvalue weighted by atomic mass is 10.1. The van der Waals surface area contributed by atoms with Gasteiger partial charge < -0.3 is 5.11 Å². The first-order valence-corrected chi connectivity index (χ1v) is 3.41. The van der Waals surface area contributed by atoms with Crippen LogP contribution in [0.25, 0.3) is 0 Å². The largest absolute Gasteiger partial charge is 0.385 e. The molecule has 0 saturated heterocycles. The Hall–Kier alpha value is -0.560. The summed E-state index contributed by atoms with van der Waals surface area (Å²) in [6.07, 6.45) is 10.8. The quantitative estimate of drug-likeness (QED) is 0.487. The Labute approximate surface area is 55.7 Å². The van der Waals surface area contributed by atoms with Crippen LogP contribution < -0.4 is 0 Å². The summed E-state index contributed by atoms with van der Waals surface area (Å²) in [5, 5.41) is 9.04. The van der Waals surface area contributed by atoms with Crippen LogP contribution in [0.3, 0.4) is 0 Å². The predicted octanol–water partition coefficient (Wildman–Crippen LogP) is 1.64. The van der Waals surface area contributed by atoms with Crippen molar-refractivity contribution in [3.8, 4) is 0 Å². The van der Waals surface area contributed by atoms with Gasteiger partial charge in [-0.1, -0.05) is 24.3 Å². The van der Waals surface area contributed by atoms with Crippen molar-refractivity contribution < 1.29 is 5.11 Å². The van der Waals surface area contributed by atoms with Crippen LogP contribution in [-0.2, 0) is 0 Å². The van der Waals surface area contributed by atoms with Crippen LogP contribution in [0.1, 0.15) is 19.3 Å². The van der Waals surface area contributed by atoms with E-state index in [9.17, 15) is 0 Å². The van der Waals surface area contributed by atoms with Gasteiger partial charge in [0.25, 0.3) is 0 Å². The second kappa shape index (κ2) is 3.46. The molecule has 0 aromatic rings. The van der Waals surface area contributed by atoms with Crippen molar-refractivity contribution in [1.82, 2.24) is 0 Å². The minimum absolute atomic E-state index is 0.342. The highest BCUT2D eigenvalue weighted by Gasteiger charge is 1.92. The monoisotopic (exact) mass is 124 g/mol. The van der Waals surface area contributed by atoms with Gasteiger partial charge in [0, 0.05) is 0 Å². The van der Waals surface area contributed by atoms with Crippen molar-refractivity contribution in [2.24, 2.45) is 0 Å². The number of aliphatic hydroxyl groups excluding tert-OH is 1. The van der Waals surface area contributed by atoms with E-state index in [1.54, 1.807) is 0 Å². The molecule has 50 valence electrons. The lowest BCUT2D eigenvalue weighted by Crippen LogP contribution is -1.96. The van der Waals surface area contributed by atoms with Crippen LogP contribution in [0, 0.1) is 0 Å². The fourth-order valence-electron chi connectivity index (χ4n) is 0.889. The molecule has 0 bridgehead atoms. The van der Waals surface area contributed by atoms with Gasteiger partial charge in [-0.05, 0) is 19.3 Å². The number of allylic oxidation sites excluding steroid dienone is 2. The molecule has 0 aromatic heterocycles. The fraction of sp³-hybridized carbons (Fsp3) is 0.500. The van der Waals surface area contributed by atoms with Crippen LogP contribution in [0.2, 0.25) is 0 Å². The van der Waals surface area contributed by atoms with E-state index in [0.717, 1.165) is 12.8 Å². The van der Waals surface area contributed by atoms with E-state index in [4.69, 9.17) is 5.11 Å². The molecule has 1 rings (SSSR count). The van der Waals surface area contributed by atoms with Gasteiger partial charge in [0.05, 0.1) is 6.10 Å². The average Bonchev–Trinajstić information content (AvgIpc) is 1.79. The van der Waals surface area contributed by atoms with Crippen molar-refractivity contribution in [1.29, 1.82) is 0 Å². The maximum absolute atomic E-state index is 9.04. The zero-order valence-electron chi connectivity index (χ0n) is 5.46. The zero-order valence-corrected chi connectivity index (χ0v) is 5.46. The Morgan fingerprint density at radius 1 is 1.11 bits per heavy atom. The highest BCUT2D eigenvalue weighted by Crippen LogP contribution is 2.03. The van der Waals surface area contributed by atoms with E-state index in [-0.39, 0.29) is 6.10 Å². The summed E-state index contributed by atoms with van der Waals surface area (Å²) >= 11 is 0. The molecule has 1 nitrogen and oxygen atoms in total. The standard InChI is InChI=1S/C8H12O/c9-8-6-4-2-1-3-5-7-8/h4-9H,1-3H2. The summed E-state index contributed by atoms with van der Waals surface area (Å²) in [4.78, 5) is 0. The normalized spacial score (nSPS) is 27.4. The topological polar surface area (TPSA) is 20.2 Å². The number of hydrogen-bond acceptors (Lipinski definition) is 1. The average molecular weight is 124 g/mol. The first-order valence-electron chi connectivity index (χ1n) is 3.41. The van der Waals surface area contributed by atoms with Gasteiger partial charge >= 0.3 is 0 Å². The van der Waals surface area contributed by atoms with Crippen LogP contribution in [0.4, 0.5) is 0 Å². The highest BCUT2D eigenvalue weighted by atomic mass is 16.3. The summed E-state index contributed by atoms with van der Waals surface area (Å²) in [6.45, 7) is 0. The minimum Gasteiger partial charge on any atom is -0.385 e. The van der Waals surface area contributed by atoms with E-state index < -0.39 is 0 Å². The molecule has 1 heteroatoms. The lowest BCUT2D eigenvalue weighted by Gasteiger charge is -2.00. The van der Waals surface area contributed by atoms with Crippen molar-refractivity contribution in [2.75, 3.05) is 0 Å². The molecule has 0 radical (unpaired) electrons. The Morgan fingerprint density at radius 3 is 2.22 bits per heavy atom. The first kappa shape index (κ1) is 6.56. The van der Waals surface area contributed by atoms with Crippen LogP contribution >= 0.6 is 0 Å². The van der Waals surface area contributed by atoms with Crippen molar-refractivity contribution >= 4 is 0 Å². The van der Waals surface area contributed by atoms with Crippen LogP contribution in [0.15, 0.2) is 24.3 Å². The van der Waals surface area contributed by atoms with E-state index in [1.165, 1.54) is 6.42 Å². The summed E-state index contributed by atoms with van der Waals surface area (Å²) in [5.74, 6) is 0. The molecule has 0 spiro atoms. The third kappa shape index (κ3) is 2.47. The summed E-state index contributed by atoms with van der Waals surface area (Å²) in [7, 11) is 0. The molecule has 0 heterocycles. The Kier molecular flexibility index (Phi) is 2.52. The van der Waals surface area contributed by atoms with Gasteiger partial charge in [0.1, 0.15) is 0 Å². The van der Waals surface area contributed by atoms with Crippen molar-refractivity contribution in [3.63, 3.8) is 0 Å². The van der Waals surface area contributed by atoms with Crippen molar-refractivity contribution in [2.45, 2.75) is 25.4 Å². The molecular formula is C8H12O. The third-order valence-corrected chi connectivity index (χ3v) is 1.41. The second-order valence-corrected chi connectivity index (χ2v) is 2.28. The van der Waals surface area contributed by atoms with Gasteiger partial charge in [-0.3, -0.25) is 0 Å². The Morgan fingerprint density at radius 2 is 1.67 bits per heavy atom. The summed E-state index contributed by atoms with van der Waals surface area (Å²) in [5.41, 5.74) is 0. The molecular weight excluding hydrogens is 112 g/mol. The van der Waals surface area contributed by atoms with Crippen LogP contribution in [-0.4, -0.2) is 11.2 Å². The van der Waals surface area contributed by atoms with Gasteiger partial charge in [-0.2, -0.15) is 0 Å². The molecule has 0 aliphatic heterocycles. The van der Waals surface area contributed by atoms with Gasteiger partial charge in [-0.25, -0.2) is 0 Å². The number of rotatable bonds is 0. The Bertz CT molecular complexity index is 111. The van der Waals surface area contributed by atoms with E-state index in [1.807, 2.05) is 24.3 Å².